The van der Waals surface area contributed by atoms with Gasteiger partial charge < -0.3 is 10.1 Å². The molecule has 0 atom stereocenters. The first kappa shape index (κ1) is 17.5. The van der Waals surface area contributed by atoms with E-state index in [1.165, 1.54) is 36.3 Å². The van der Waals surface area contributed by atoms with Crippen molar-refractivity contribution < 1.29 is 13.9 Å². The van der Waals surface area contributed by atoms with E-state index in [1.54, 1.807) is 12.1 Å². The molecule has 0 unspecified atom stereocenters. The number of carbonyl (C=O) groups excluding carboxylic acids is 1. The van der Waals surface area contributed by atoms with Crippen LogP contribution in [0.4, 0.5) is 15.8 Å². The second kappa shape index (κ2) is 7.72. The standard InChI is InChI=1S/C19H16FNO2S2/c1-23-18(22)17-11-16(19(24-2)25-17)21-13-8-9-14(15(20)10-13)12-6-4-3-5-7-12/h3-11,21H,1-2H3. The second-order valence-electron chi connectivity index (χ2n) is 5.19. The van der Waals surface area contributed by atoms with Crippen molar-refractivity contribution in [1.82, 2.24) is 0 Å². The van der Waals surface area contributed by atoms with Crippen LogP contribution in [0.1, 0.15) is 9.67 Å². The fourth-order valence-electron chi connectivity index (χ4n) is 2.41. The van der Waals surface area contributed by atoms with Crippen molar-refractivity contribution in [2.24, 2.45) is 0 Å². The molecule has 0 aliphatic carbocycles. The monoisotopic (exact) mass is 373 g/mol. The van der Waals surface area contributed by atoms with Crippen LogP contribution in [-0.2, 0) is 4.74 Å². The van der Waals surface area contributed by atoms with Gasteiger partial charge in [-0.1, -0.05) is 30.3 Å². The van der Waals surface area contributed by atoms with Gasteiger partial charge in [0.2, 0.25) is 0 Å². The summed E-state index contributed by atoms with van der Waals surface area (Å²) in [5.74, 6) is -0.677. The number of rotatable bonds is 5. The van der Waals surface area contributed by atoms with E-state index in [1.807, 2.05) is 42.7 Å². The third-order valence-electron chi connectivity index (χ3n) is 3.60. The van der Waals surface area contributed by atoms with Gasteiger partial charge in [0.1, 0.15) is 10.7 Å². The Morgan fingerprint density at radius 2 is 1.92 bits per heavy atom. The number of halogens is 1. The molecule has 6 heteroatoms. The lowest BCUT2D eigenvalue weighted by atomic mass is 10.0. The summed E-state index contributed by atoms with van der Waals surface area (Å²) in [7, 11) is 1.35. The van der Waals surface area contributed by atoms with Gasteiger partial charge in [0.15, 0.2) is 0 Å². The summed E-state index contributed by atoms with van der Waals surface area (Å²) in [4.78, 5) is 12.2. The maximum absolute atomic E-state index is 14.5. The van der Waals surface area contributed by atoms with Crippen LogP contribution in [0.15, 0.2) is 58.8 Å². The Balaban J connectivity index is 1.88. The third-order valence-corrected chi connectivity index (χ3v) is 5.85. The lowest BCUT2D eigenvalue weighted by Crippen LogP contribution is -1.97. The van der Waals surface area contributed by atoms with Gasteiger partial charge in [-0.25, -0.2) is 9.18 Å². The molecule has 0 saturated carbocycles. The number of esters is 1. The molecule has 25 heavy (non-hydrogen) atoms. The third kappa shape index (κ3) is 3.86. The SMILES string of the molecule is COC(=O)c1cc(Nc2ccc(-c3ccccc3)c(F)c2)c(SC)s1. The highest BCUT2D eigenvalue weighted by molar-refractivity contribution is 8.00. The van der Waals surface area contributed by atoms with Crippen molar-refractivity contribution in [3.05, 3.63) is 65.3 Å². The molecule has 0 fully saturated rings. The number of benzene rings is 2. The van der Waals surface area contributed by atoms with Crippen molar-refractivity contribution in [3.63, 3.8) is 0 Å². The average Bonchev–Trinajstić information content (AvgIpc) is 3.04. The van der Waals surface area contributed by atoms with Gasteiger partial charge in [0, 0.05) is 11.3 Å². The second-order valence-corrected chi connectivity index (χ2v) is 7.32. The van der Waals surface area contributed by atoms with Gasteiger partial charge in [-0.05, 0) is 36.1 Å². The fraction of sp³-hybridized carbons (Fsp3) is 0.105. The van der Waals surface area contributed by atoms with E-state index in [4.69, 9.17) is 4.74 Å². The first-order chi connectivity index (χ1) is 12.1. The smallest absolute Gasteiger partial charge is 0.348 e. The Labute approximate surface area is 153 Å². The Morgan fingerprint density at radius 3 is 2.56 bits per heavy atom. The molecular formula is C19H16FNO2S2. The molecule has 3 rings (SSSR count). The largest absolute Gasteiger partial charge is 0.465 e. The number of anilines is 2. The maximum atomic E-state index is 14.5. The number of hydrogen-bond acceptors (Lipinski definition) is 5. The summed E-state index contributed by atoms with van der Waals surface area (Å²) >= 11 is 2.87. The van der Waals surface area contributed by atoms with Crippen LogP contribution in [-0.4, -0.2) is 19.3 Å². The molecule has 1 heterocycles. The Bertz CT molecular complexity index is 894. The van der Waals surface area contributed by atoms with E-state index < -0.39 is 0 Å². The molecule has 0 aliphatic heterocycles. The van der Waals surface area contributed by atoms with Crippen LogP contribution in [0.2, 0.25) is 0 Å². The Kier molecular flexibility index (Phi) is 5.40. The molecule has 0 saturated heterocycles. The highest BCUT2D eigenvalue weighted by Crippen LogP contribution is 2.37. The van der Waals surface area contributed by atoms with Crippen LogP contribution in [0, 0.1) is 5.82 Å². The molecule has 0 bridgehead atoms. The molecule has 3 aromatic rings. The van der Waals surface area contributed by atoms with Crippen molar-refractivity contribution in [2.45, 2.75) is 4.21 Å². The predicted octanol–water partition coefficient (Wildman–Crippen LogP) is 5.81. The molecule has 0 radical (unpaired) electrons. The summed E-state index contributed by atoms with van der Waals surface area (Å²) in [6.45, 7) is 0. The molecule has 2 aromatic carbocycles. The number of carbonyl (C=O) groups is 1. The lowest BCUT2D eigenvalue weighted by Gasteiger charge is -2.09. The van der Waals surface area contributed by atoms with Crippen LogP contribution >= 0.6 is 23.1 Å². The molecule has 128 valence electrons. The number of thioether (sulfide) groups is 1. The number of nitrogens with one attached hydrogen (secondary N) is 1. The topological polar surface area (TPSA) is 38.3 Å². The van der Waals surface area contributed by atoms with Gasteiger partial charge in [-0.2, -0.15) is 0 Å². The zero-order chi connectivity index (χ0) is 17.8. The van der Waals surface area contributed by atoms with E-state index in [0.717, 1.165) is 15.5 Å². The van der Waals surface area contributed by atoms with E-state index >= 15 is 0 Å². The predicted molar refractivity (Wildman–Crippen MR) is 103 cm³/mol. The number of ether oxygens (including phenoxy) is 1. The Hall–Kier alpha value is -2.31. The minimum atomic E-state index is -0.376. The summed E-state index contributed by atoms with van der Waals surface area (Å²) < 4.78 is 20.2. The minimum absolute atomic E-state index is 0.301. The summed E-state index contributed by atoms with van der Waals surface area (Å²) in [5, 5.41) is 3.18. The molecule has 0 amide bonds. The number of methoxy groups -OCH3 is 1. The van der Waals surface area contributed by atoms with Crippen molar-refractivity contribution in [2.75, 3.05) is 18.7 Å². The van der Waals surface area contributed by atoms with Gasteiger partial charge in [-0.15, -0.1) is 23.1 Å². The maximum Gasteiger partial charge on any atom is 0.348 e. The molecule has 1 aromatic heterocycles. The molecule has 0 spiro atoms. The van der Waals surface area contributed by atoms with Crippen LogP contribution in [0.3, 0.4) is 0 Å². The fourth-order valence-corrected chi connectivity index (χ4v) is 4.11. The highest BCUT2D eigenvalue weighted by atomic mass is 32.2. The average molecular weight is 373 g/mol. The van der Waals surface area contributed by atoms with Crippen molar-refractivity contribution in [3.8, 4) is 11.1 Å². The Morgan fingerprint density at radius 1 is 1.16 bits per heavy atom. The van der Waals surface area contributed by atoms with Gasteiger partial charge in [0.05, 0.1) is 17.0 Å². The zero-order valence-electron chi connectivity index (χ0n) is 13.7. The van der Waals surface area contributed by atoms with Crippen LogP contribution < -0.4 is 5.32 Å². The normalized spacial score (nSPS) is 10.5. The van der Waals surface area contributed by atoms with Crippen molar-refractivity contribution in [1.29, 1.82) is 0 Å². The summed E-state index contributed by atoms with van der Waals surface area (Å²) in [6, 6.07) is 16.2. The quantitative estimate of drug-likeness (QED) is 0.453. The van der Waals surface area contributed by atoms with E-state index in [0.29, 0.717) is 16.1 Å². The molecule has 3 nitrogen and oxygen atoms in total. The summed E-state index contributed by atoms with van der Waals surface area (Å²) in [5.41, 5.74) is 2.78. The highest BCUT2D eigenvalue weighted by Gasteiger charge is 2.15. The van der Waals surface area contributed by atoms with E-state index in [9.17, 15) is 9.18 Å². The number of thiophene rings is 1. The van der Waals surface area contributed by atoms with Gasteiger partial charge in [-0.3, -0.25) is 0 Å². The first-order valence-electron chi connectivity index (χ1n) is 7.50. The lowest BCUT2D eigenvalue weighted by molar-refractivity contribution is 0.0606. The van der Waals surface area contributed by atoms with Gasteiger partial charge >= 0.3 is 5.97 Å². The number of hydrogen-bond donors (Lipinski definition) is 1. The first-order valence-corrected chi connectivity index (χ1v) is 9.54. The zero-order valence-corrected chi connectivity index (χ0v) is 15.3. The van der Waals surface area contributed by atoms with Crippen LogP contribution in [0.5, 0.6) is 0 Å². The van der Waals surface area contributed by atoms with Gasteiger partial charge in [0.25, 0.3) is 0 Å². The summed E-state index contributed by atoms with van der Waals surface area (Å²) in [6.07, 6.45) is 1.93. The van der Waals surface area contributed by atoms with E-state index in [-0.39, 0.29) is 11.8 Å². The molecular weight excluding hydrogens is 357 g/mol. The van der Waals surface area contributed by atoms with E-state index in [2.05, 4.69) is 5.32 Å². The van der Waals surface area contributed by atoms with Crippen LogP contribution in [0.25, 0.3) is 11.1 Å². The molecule has 1 N–H and O–H groups in total. The molecule has 0 aliphatic rings. The van der Waals surface area contributed by atoms with Crippen molar-refractivity contribution >= 4 is 40.4 Å². The minimum Gasteiger partial charge on any atom is -0.465 e.